The molecule has 6 atom stereocenters. The molecule has 4 aliphatic rings. The first-order chi connectivity index (χ1) is 18.4. The molecule has 2 aliphatic heterocycles. The number of Topliss-reactive ketones (excluding diaryl/α,β-unsaturated/α-hetero) is 1. The Balaban J connectivity index is 1.38. The van der Waals surface area contributed by atoms with Gasteiger partial charge in [-0.05, 0) is 51.1 Å². The van der Waals surface area contributed by atoms with Crippen LogP contribution >= 0.6 is 0 Å². The highest BCUT2D eigenvalue weighted by Crippen LogP contribution is 2.65. The van der Waals surface area contributed by atoms with Crippen molar-refractivity contribution in [3.05, 3.63) is 35.1 Å². The van der Waals surface area contributed by atoms with Crippen LogP contribution in [0.25, 0.3) is 0 Å². The normalized spacial score (nSPS) is 29.7. The van der Waals surface area contributed by atoms with Crippen LogP contribution < -0.4 is 9.47 Å². The third kappa shape index (κ3) is 4.09. The number of hydrogen-bond donors (Lipinski definition) is 3. The van der Waals surface area contributed by atoms with Crippen molar-refractivity contribution in [1.29, 1.82) is 0 Å². The largest absolute Gasteiger partial charge is 0.493 e. The average Bonchev–Trinajstić information content (AvgIpc) is 3.22. The maximum absolute atomic E-state index is 12.8. The first-order valence-electron chi connectivity index (χ1n) is 12.7. The number of aliphatic hydroxyl groups is 2. The van der Waals surface area contributed by atoms with Gasteiger partial charge in [0.15, 0.2) is 35.6 Å². The monoisotopic (exact) mass is 545 g/mol. The third-order valence-corrected chi connectivity index (χ3v) is 8.49. The molecule has 1 fully saturated rings. The van der Waals surface area contributed by atoms with Crippen LogP contribution in [0.2, 0.25) is 0 Å². The number of esters is 2. The summed E-state index contributed by atoms with van der Waals surface area (Å²) in [4.78, 5) is 49.7. The number of hydrogen-bond acceptors (Lipinski definition) is 11. The van der Waals surface area contributed by atoms with E-state index in [0.29, 0.717) is 30.9 Å². The van der Waals surface area contributed by atoms with Crippen molar-refractivity contribution >= 4 is 23.7 Å². The molecule has 3 N–H and O–H groups in total. The van der Waals surface area contributed by atoms with Gasteiger partial charge in [0.2, 0.25) is 0 Å². The first-order valence-corrected chi connectivity index (χ1v) is 12.7. The Morgan fingerprint density at radius 1 is 1.23 bits per heavy atom. The molecule has 12 nitrogen and oxygen atoms in total. The topological polar surface area (TPSA) is 169 Å². The zero-order chi connectivity index (χ0) is 28.3. The number of aliphatic hydroxyl groups excluding tert-OH is 1. The minimum Gasteiger partial charge on any atom is -0.493 e. The summed E-state index contributed by atoms with van der Waals surface area (Å²) in [6.07, 6.45) is -3.02. The molecule has 2 bridgehead atoms. The highest BCUT2D eigenvalue weighted by atomic mass is 16.6. The number of ether oxygens (including phenoxy) is 4. The number of benzene rings is 1. The molecule has 0 unspecified atom stereocenters. The van der Waals surface area contributed by atoms with E-state index in [-0.39, 0.29) is 18.2 Å². The van der Waals surface area contributed by atoms with E-state index in [9.17, 15) is 29.4 Å². The molecule has 0 saturated carbocycles. The maximum atomic E-state index is 12.8. The first kappa shape index (κ1) is 27.1. The summed E-state index contributed by atoms with van der Waals surface area (Å²) < 4.78 is 22.4. The Bertz CT molecular complexity index is 1270. The number of ketones is 1. The van der Waals surface area contributed by atoms with Crippen molar-refractivity contribution in [2.24, 2.45) is 0 Å². The van der Waals surface area contributed by atoms with Gasteiger partial charge in [-0.15, -0.1) is 0 Å². The minimum absolute atomic E-state index is 0.159. The molecule has 39 heavy (non-hydrogen) atoms. The van der Waals surface area contributed by atoms with Gasteiger partial charge >= 0.3 is 17.9 Å². The Hall–Kier alpha value is -3.48. The SMILES string of the molecule is COc1ccc2c3c1O[C@H]1C(OC(=O)C[C@H](O)C(=O)O[C@H](CC(=O)O)C(C)=O)=CC[C@@]4(O)[C@@H](C2)N(C)CC[C@]314. The van der Waals surface area contributed by atoms with Crippen molar-refractivity contribution < 1.29 is 53.4 Å². The quantitative estimate of drug-likeness (QED) is 0.362. The van der Waals surface area contributed by atoms with Gasteiger partial charge in [-0.1, -0.05) is 6.07 Å². The smallest absolute Gasteiger partial charge is 0.336 e. The third-order valence-electron chi connectivity index (χ3n) is 8.49. The fourth-order valence-corrected chi connectivity index (χ4v) is 6.65. The van der Waals surface area contributed by atoms with Gasteiger partial charge in [-0.3, -0.25) is 14.4 Å². The molecule has 2 heterocycles. The van der Waals surface area contributed by atoms with Gasteiger partial charge in [0, 0.05) is 18.0 Å². The molecule has 0 radical (unpaired) electrons. The second-order valence-corrected chi connectivity index (χ2v) is 10.6. The summed E-state index contributed by atoms with van der Waals surface area (Å²) in [5.74, 6) is -3.19. The maximum Gasteiger partial charge on any atom is 0.336 e. The van der Waals surface area contributed by atoms with Crippen LogP contribution in [-0.2, 0) is 40.5 Å². The van der Waals surface area contributed by atoms with Crippen LogP contribution in [0.4, 0.5) is 0 Å². The number of aliphatic carboxylic acids is 1. The van der Waals surface area contributed by atoms with Crippen LogP contribution in [0.15, 0.2) is 24.0 Å². The fourth-order valence-electron chi connectivity index (χ4n) is 6.65. The predicted octanol–water partition coefficient (Wildman–Crippen LogP) is 0.243. The predicted molar refractivity (Wildman–Crippen MR) is 131 cm³/mol. The minimum atomic E-state index is -1.98. The molecule has 0 aromatic heterocycles. The van der Waals surface area contributed by atoms with E-state index in [0.717, 1.165) is 18.1 Å². The zero-order valence-corrected chi connectivity index (χ0v) is 21.8. The molecular weight excluding hydrogens is 514 g/mol. The number of carbonyl (C=O) groups excluding carboxylic acids is 3. The van der Waals surface area contributed by atoms with Gasteiger partial charge in [0.05, 0.1) is 31.0 Å². The van der Waals surface area contributed by atoms with E-state index < -0.39 is 65.9 Å². The van der Waals surface area contributed by atoms with Crippen LogP contribution in [-0.4, -0.2) is 94.6 Å². The summed E-state index contributed by atoms with van der Waals surface area (Å²) >= 11 is 0. The number of methoxy groups -OCH3 is 1. The molecular formula is C27H31NO11. The Kier molecular flexibility index (Phi) is 6.68. The van der Waals surface area contributed by atoms with Gasteiger partial charge in [0.25, 0.3) is 0 Å². The molecule has 0 amide bonds. The summed E-state index contributed by atoms with van der Waals surface area (Å²) in [6.45, 7) is 1.74. The molecule has 1 aromatic carbocycles. The van der Waals surface area contributed by atoms with Crippen LogP contribution in [0.1, 0.15) is 43.7 Å². The molecule has 5 rings (SSSR count). The van der Waals surface area contributed by atoms with Crippen molar-refractivity contribution in [2.75, 3.05) is 20.7 Å². The number of nitrogens with zero attached hydrogens (tertiary/aromatic N) is 1. The number of carboxylic acids is 1. The lowest BCUT2D eigenvalue weighted by Crippen LogP contribution is -2.74. The van der Waals surface area contributed by atoms with Gasteiger partial charge in [0.1, 0.15) is 5.76 Å². The van der Waals surface area contributed by atoms with E-state index in [2.05, 4.69) is 4.90 Å². The number of carboxylic acid groups (broad SMARTS) is 1. The summed E-state index contributed by atoms with van der Waals surface area (Å²) in [5, 5.41) is 31.3. The molecule has 12 heteroatoms. The standard InChI is InChI=1S/C27H31NO11/c1-13(29)18(12-20(31)32)38-25(34)15(30)11-21(33)37-17-6-7-27(35)19-10-14-4-5-16(36-3)23-22(14)26(27,24(17)39-23)8-9-28(19)2/h4-6,15,18-19,24,30,35H,7-12H2,1-3H3,(H,31,32)/t15-,18+,19+,24-,26-,27+/m0/s1. The number of piperidine rings is 1. The fraction of sp³-hybridized carbons (Fsp3) is 0.556. The lowest BCUT2D eigenvalue weighted by molar-refractivity contribution is -0.173. The van der Waals surface area contributed by atoms with E-state index in [1.807, 2.05) is 19.2 Å². The number of carbonyl (C=O) groups is 4. The summed E-state index contributed by atoms with van der Waals surface area (Å²) in [6, 6.07) is 3.61. The van der Waals surface area contributed by atoms with Gasteiger partial charge in [-0.2, -0.15) is 0 Å². The molecule has 2 aliphatic carbocycles. The molecule has 1 spiro atoms. The Morgan fingerprint density at radius 3 is 2.64 bits per heavy atom. The van der Waals surface area contributed by atoms with Gasteiger partial charge in [-0.25, -0.2) is 4.79 Å². The zero-order valence-electron chi connectivity index (χ0n) is 21.8. The second kappa shape index (κ2) is 9.61. The Labute approximate surface area is 224 Å². The lowest BCUT2D eigenvalue weighted by Gasteiger charge is -2.61. The van der Waals surface area contributed by atoms with Crippen molar-refractivity contribution in [1.82, 2.24) is 4.90 Å². The highest BCUT2D eigenvalue weighted by Gasteiger charge is 2.72. The number of likely N-dealkylation sites (tertiary alicyclic amines) is 1. The van der Waals surface area contributed by atoms with Crippen molar-refractivity contribution in [2.45, 2.75) is 74.4 Å². The average molecular weight is 546 g/mol. The summed E-state index contributed by atoms with van der Waals surface area (Å²) in [5.41, 5.74) is -0.200. The van der Waals surface area contributed by atoms with Gasteiger partial charge < -0.3 is 39.2 Å². The van der Waals surface area contributed by atoms with Crippen LogP contribution in [0.3, 0.4) is 0 Å². The van der Waals surface area contributed by atoms with Crippen LogP contribution in [0, 0.1) is 0 Å². The van der Waals surface area contributed by atoms with Crippen molar-refractivity contribution in [3.8, 4) is 11.5 Å². The second-order valence-electron chi connectivity index (χ2n) is 10.6. The molecule has 1 aromatic rings. The summed E-state index contributed by atoms with van der Waals surface area (Å²) in [7, 11) is 3.50. The van der Waals surface area contributed by atoms with Crippen molar-refractivity contribution in [3.63, 3.8) is 0 Å². The van der Waals surface area contributed by atoms with E-state index >= 15 is 0 Å². The lowest BCUT2D eigenvalue weighted by atomic mass is 9.50. The van der Waals surface area contributed by atoms with E-state index in [1.54, 1.807) is 6.08 Å². The molecule has 1 saturated heterocycles. The Morgan fingerprint density at radius 2 is 1.97 bits per heavy atom. The molecule has 210 valence electrons. The highest BCUT2D eigenvalue weighted by molar-refractivity contribution is 5.89. The van der Waals surface area contributed by atoms with E-state index in [1.165, 1.54) is 7.11 Å². The van der Waals surface area contributed by atoms with E-state index in [4.69, 9.17) is 24.1 Å². The van der Waals surface area contributed by atoms with Crippen LogP contribution in [0.5, 0.6) is 11.5 Å². The number of likely N-dealkylation sites (N-methyl/N-ethyl adjacent to an activating group) is 1. The number of rotatable bonds is 9.